The summed E-state index contributed by atoms with van der Waals surface area (Å²) in [5.74, 6) is 0.832. The van der Waals surface area contributed by atoms with E-state index in [4.69, 9.17) is 4.84 Å². The molecule has 3 nitrogen and oxygen atoms in total. The van der Waals surface area contributed by atoms with Crippen molar-refractivity contribution in [3.63, 3.8) is 0 Å². The third-order valence-corrected chi connectivity index (χ3v) is 3.29. The Morgan fingerprint density at radius 1 is 1.07 bits per heavy atom. The van der Waals surface area contributed by atoms with Crippen LogP contribution in [-0.2, 0) is 4.84 Å². The lowest BCUT2D eigenvalue weighted by Crippen LogP contribution is -2.44. The summed E-state index contributed by atoms with van der Waals surface area (Å²) in [5, 5.41) is 5.46. The first-order valence-electron chi connectivity index (χ1n) is 6.04. The van der Waals surface area contributed by atoms with Gasteiger partial charge in [-0.1, -0.05) is 19.3 Å². The summed E-state index contributed by atoms with van der Waals surface area (Å²) in [5.41, 5.74) is 0. The molecule has 0 amide bonds. The van der Waals surface area contributed by atoms with Crippen molar-refractivity contribution in [1.29, 1.82) is 0 Å². The zero-order valence-corrected chi connectivity index (χ0v) is 9.00. The van der Waals surface area contributed by atoms with Crippen LogP contribution in [0.15, 0.2) is 0 Å². The van der Waals surface area contributed by atoms with E-state index < -0.39 is 0 Å². The number of nitrogens with one attached hydrogen (secondary N) is 1. The maximum atomic E-state index is 5.82. The van der Waals surface area contributed by atoms with Crippen molar-refractivity contribution in [2.45, 2.75) is 32.1 Å². The van der Waals surface area contributed by atoms with Gasteiger partial charge >= 0.3 is 0 Å². The lowest BCUT2D eigenvalue weighted by molar-refractivity contribution is -0.176. The SMILES string of the molecule is C1CCC(CON2CCNCC2)CC1. The zero-order chi connectivity index (χ0) is 9.64. The van der Waals surface area contributed by atoms with Gasteiger partial charge in [-0.2, -0.15) is 5.06 Å². The summed E-state index contributed by atoms with van der Waals surface area (Å²) in [6.45, 7) is 5.20. The maximum Gasteiger partial charge on any atom is 0.0713 e. The van der Waals surface area contributed by atoms with Crippen LogP contribution < -0.4 is 5.32 Å². The average Bonchev–Trinajstić information content (AvgIpc) is 2.29. The van der Waals surface area contributed by atoms with Crippen LogP contribution in [0.2, 0.25) is 0 Å². The smallest absolute Gasteiger partial charge is 0.0713 e. The van der Waals surface area contributed by atoms with E-state index in [1.165, 1.54) is 32.1 Å². The molecule has 3 heteroatoms. The fourth-order valence-corrected chi connectivity index (χ4v) is 2.34. The van der Waals surface area contributed by atoms with E-state index in [2.05, 4.69) is 10.4 Å². The minimum absolute atomic E-state index is 0.832. The second kappa shape index (κ2) is 5.69. The number of nitrogens with zero attached hydrogens (tertiary/aromatic N) is 1. The largest absolute Gasteiger partial charge is 0.314 e. The van der Waals surface area contributed by atoms with Gasteiger partial charge in [-0.3, -0.25) is 4.84 Å². The molecule has 0 aromatic carbocycles. The Morgan fingerprint density at radius 3 is 2.50 bits per heavy atom. The molecule has 0 unspecified atom stereocenters. The molecule has 2 aliphatic rings. The summed E-state index contributed by atoms with van der Waals surface area (Å²) in [6, 6.07) is 0. The van der Waals surface area contributed by atoms with Gasteiger partial charge in [0.2, 0.25) is 0 Å². The third kappa shape index (κ3) is 3.23. The van der Waals surface area contributed by atoms with Gasteiger partial charge in [0.25, 0.3) is 0 Å². The van der Waals surface area contributed by atoms with E-state index >= 15 is 0 Å². The van der Waals surface area contributed by atoms with Gasteiger partial charge in [0.05, 0.1) is 6.61 Å². The highest BCUT2D eigenvalue weighted by atomic mass is 16.7. The van der Waals surface area contributed by atoms with Crippen LogP contribution in [0.4, 0.5) is 0 Å². The van der Waals surface area contributed by atoms with Gasteiger partial charge in [0, 0.05) is 26.2 Å². The van der Waals surface area contributed by atoms with Crippen LogP contribution in [0.1, 0.15) is 32.1 Å². The van der Waals surface area contributed by atoms with Crippen LogP contribution in [0, 0.1) is 5.92 Å². The quantitative estimate of drug-likeness (QED) is 0.742. The first kappa shape index (κ1) is 10.4. The van der Waals surface area contributed by atoms with Crippen molar-refractivity contribution in [1.82, 2.24) is 10.4 Å². The number of rotatable bonds is 3. The molecule has 0 atom stereocenters. The monoisotopic (exact) mass is 198 g/mol. The molecule has 1 saturated carbocycles. The summed E-state index contributed by atoms with van der Waals surface area (Å²) in [6.07, 6.45) is 7.02. The topological polar surface area (TPSA) is 24.5 Å². The van der Waals surface area contributed by atoms with Gasteiger partial charge in [-0.05, 0) is 18.8 Å². The number of hydroxylamine groups is 2. The molecule has 1 saturated heterocycles. The first-order valence-corrected chi connectivity index (χ1v) is 6.04. The van der Waals surface area contributed by atoms with Crippen molar-refractivity contribution in [3.8, 4) is 0 Å². The second-order valence-electron chi connectivity index (χ2n) is 4.48. The predicted octanol–water partition coefficient (Wildman–Crippen LogP) is 1.40. The Bertz CT molecular complexity index is 133. The lowest BCUT2D eigenvalue weighted by Gasteiger charge is -2.29. The molecule has 0 bridgehead atoms. The van der Waals surface area contributed by atoms with Crippen molar-refractivity contribution in [3.05, 3.63) is 0 Å². The molecule has 1 N–H and O–H groups in total. The fourth-order valence-electron chi connectivity index (χ4n) is 2.34. The molecule has 2 fully saturated rings. The molecule has 1 aliphatic heterocycles. The van der Waals surface area contributed by atoms with E-state index in [-0.39, 0.29) is 0 Å². The van der Waals surface area contributed by atoms with E-state index in [0.29, 0.717) is 0 Å². The Balaban J connectivity index is 1.60. The van der Waals surface area contributed by atoms with Crippen molar-refractivity contribution in [2.75, 3.05) is 32.8 Å². The molecule has 1 aliphatic carbocycles. The van der Waals surface area contributed by atoms with Crippen molar-refractivity contribution >= 4 is 0 Å². The third-order valence-electron chi connectivity index (χ3n) is 3.29. The number of piperazine rings is 1. The molecule has 1 heterocycles. The zero-order valence-electron chi connectivity index (χ0n) is 9.00. The molecular formula is C11H22N2O. The highest BCUT2D eigenvalue weighted by Gasteiger charge is 2.16. The Labute approximate surface area is 86.8 Å². The second-order valence-corrected chi connectivity index (χ2v) is 4.48. The standard InChI is InChI=1S/C11H22N2O/c1-2-4-11(5-3-1)10-14-13-8-6-12-7-9-13/h11-12H,1-10H2. The molecule has 82 valence electrons. The minimum Gasteiger partial charge on any atom is -0.314 e. The summed E-state index contributed by atoms with van der Waals surface area (Å²) in [7, 11) is 0. The predicted molar refractivity (Wildman–Crippen MR) is 57.0 cm³/mol. The highest BCUT2D eigenvalue weighted by molar-refractivity contribution is 4.66. The maximum absolute atomic E-state index is 5.82. The summed E-state index contributed by atoms with van der Waals surface area (Å²) in [4.78, 5) is 5.82. The minimum atomic E-state index is 0.832. The Kier molecular flexibility index (Phi) is 4.22. The average molecular weight is 198 g/mol. The molecule has 0 radical (unpaired) electrons. The van der Waals surface area contributed by atoms with Crippen LogP contribution in [0.3, 0.4) is 0 Å². The van der Waals surface area contributed by atoms with Crippen LogP contribution in [0.5, 0.6) is 0 Å². The molecule has 0 aromatic rings. The number of hydrogen-bond acceptors (Lipinski definition) is 3. The Hall–Kier alpha value is -0.120. The van der Waals surface area contributed by atoms with Crippen LogP contribution in [-0.4, -0.2) is 37.8 Å². The van der Waals surface area contributed by atoms with Crippen molar-refractivity contribution < 1.29 is 4.84 Å². The summed E-state index contributed by atoms with van der Waals surface area (Å²) >= 11 is 0. The van der Waals surface area contributed by atoms with Gasteiger partial charge in [-0.25, -0.2) is 0 Å². The van der Waals surface area contributed by atoms with Gasteiger partial charge in [0.15, 0.2) is 0 Å². The molecular weight excluding hydrogens is 176 g/mol. The van der Waals surface area contributed by atoms with Crippen molar-refractivity contribution in [2.24, 2.45) is 5.92 Å². The lowest BCUT2D eigenvalue weighted by atomic mass is 9.90. The van der Waals surface area contributed by atoms with E-state index in [9.17, 15) is 0 Å². The normalized spacial score (nSPS) is 26.6. The molecule has 2 rings (SSSR count). The number of hydrogen-bond donors (Lipinski definition) is 1. The van der Waals surface area contributed by atoms with Gasteiger partial charge in [-0.15, -0.1) is 0 Å². The molecule has 14 heavy (non-hydrogen) atoms. The van der Waals surface area contributed by atoms with Gasteiger partial charge < -0.3 is 5.32 Å². The molecule has 0 spiro atoms. The van der Waals surface area contributed by atoms with Crippen LogP contribution >= 0.6 is 0 Å². The first-order chi connectivity index (χ1) is 6.95. The highest BCUT2D eigenvalue weighted by Crippen LogP contribution is 2.23. The van der Waals surface area contributed by atoms with Gasteiger partial charge in [0.1, 0.15) is 0 Å². The summed E-state index contributed by atoms with van der Waals surface area (Å²) < 4.78 is 0. The van der Waals surface area contributed by atoms with Crippen LogP contribution in [0.25, 0.3) is 0 Å². The van der Waals surface area contributed by atoms with E-state index in [0.717, 1.165) is 38.7 Å². The van der Waals surface area contributed by atoms with E-state index in [1.54, 1.807) is 0 Å². The van der Waals surface area contributed by atoms with E-state index in [1.807, 2.05) is 0 Å². The Morgan fingerprint density at radius 2 is 1.79 bits per heavy atom. The molecule has 0 aromatic heterocycles. The fraction of sp³-hybridized carbons (Fsp3) is 1.00.